The smallest absolute Gasteiger partial charge is 0.319 e. The molecule has 1 atom stereocenters. The summed E-state index contributed by atoms with van der Waals surface area (Å²) in [5, 5.41) is 15.3. The summed E-state index contributed by atoms with van der Waals surface area (Å²) >= 11 is 0. The van der Waals surface area contributed by atoms with Crippen LogP contribution in [0.4, 0.5) is 10.5 Å². The molecule has 2 aromatic carbocycles. The standard InChI is InChI=1S/C17H20N2O3/c1-2-22-15-10-8-14(9-11-15)19-17(21)18-12-16(20)13-6-4-3-5-7-13/h3-11,16,20H,2,12H2,1H3,(H2,18,19,21)/t16-/m0/s1. The predicted octanol–water partition coefficient (Wildman–Crippen LogP) is 2.94. The summed E-state index contributed by atoms with van der Waals surface area (Å²) in [5.74, 6) is 0.757. The molecule has 0 aliphatic rings. The molecule has 0 saturated heterocycles. The van der Waals surface area contributed by atoms with Crippen LogP contribution in [-0.4, -0.2) is 24.3 Å². The lowest BCUT2D eigenvalue weighted by molar-refractivity contribution is 0.175. The van der Waals surface area contributed by atoms with Crippen molar-refractivity contribution in [3.63, 3.8) is 0 Å². The van der Waals surface area contributed by atoms with Crippen LogP contribution in [0.15, 0.2) is 54.6 Å². The maximum absolute atomic E-state index is 11.8. The highest BCUT2D eigenvalue weighted by Gasteiger charge is 2.09. The fourth-order valence-corrected chi connectivity index (χ4v) is 1.96. The van der Waals surface area contributed by atoms with Crippen molar-refractivity contribution in [2.24, 2.45) is 0 Å². The molecule has 0 heterocycles. The van der Waals surface area contributed by atoms with E-state index in [1.54, 1.807) is 24.3 Å². The highest BCUT2D eigenvalue weighted by Crippen LogP contribution is 2.15. The third-order valence-electron chi connectivity index (χ3n) is 3.06. The van der Waals surface area contributed by atoms with Crippen molar-refractivity contribution >= 4 is 11.7 Å². The highest BCUT2D eigenvalue weighted by molar-refractivity contribution is 5.89. The first kappa shape index (κ1) is 15.9. The van der Waals surface area contributed by atoms with Crippen LogP contribution in [0.25, 0.3) is 0 Å². The van der Waals surface area contributed by atoms with Gasteiger partial charge in [0.05, 0.1) is 12.7 Å². The van der Waals surface area contributed by atoms with E-state index in [2.05, 4.69) is 10.6 Å². The maximum Gasteiger partial charge on any atom is 0.319 e. The van der Waals surface area contributed by atoms with Crippen LogP contribution < -0.4 is 15.4 Å². The Balaban J connectivity index is 1.80. The Bertz CT molecular complexity index is 585. The van der Waals surface area contributed by atoms with Crippen LogP contribution in [-0.2, 0) is 0 Å². The lowest BCUT2D eigenvalue weighted by Gasteiger charge is -2.13. The minimum absolute atomic E-state index is 0.146. The van der Waals surface area contributed by atoms with Crippen molar-refractivity contribution in [1.29, 1.82) is 0 Å². The Labute approximate surface area is 129 Å². The second-order valence-electron chi connectivity index (χ2n) is 4.72. The molecule has 0 unspecified atom stereocenters. The monoisotopic (exact) mass is 300 g/mol. The van der Waals surface area contributed by atoms with Crippen LogP contribution in [0.5, 0.6) is 5.75 Å². The summed E-state index contributed by atoms with van der Waals surface area (Å²) in [6, 6.07) is 15.9. The Hall–Kier alpha value is -2.53. The second-order valence-corrected chi connectivity index (χ2v) is 4.72. The second kappa shape index (κ2) is 8.05. The topological polar surface area (TPSA) is 70.6 Å². The number of hydrogen-bond acceptors (Lipinski definition) is 3. The summed E-state index contributed by atoms with van der Waals surface area (Å²) in [4.78, 5) is 11.8. The van der Waals surface area contributed by atoms with Gasteiger partial charge in [0.2, 0.25) is 0 Å². The third-order valence-corrected chi connectivity index (χ3v) is 3.06. The van der Waals surface area contributed by atoms with E-state index in [1.807, 2.05) is 37.3 Å². The number of carbonyl (C=O) groups is 1. The van der Waals surface area contributed by atoms with Gasteiger partial charge in [-0.05, 0) is 36.8 Å². The average Bonchev–Trinajstić information content (AvgIpc) is 2.55. The van der Waals surface area contributed by atoms with E-state index in [1.165, 1.54) is 0 Å². The van der Waals surface area contributed by atoms with Gasteiger partial charge >= 0.3 is 6.03 Å². The molecular formula is C17H20N2O3. The molecule has 116 valence electrons. The molecule has 3 N–H and O–H groups in total. The van der Waals surface area contributed by atoms with Gasteiger partial charge in [0.25, 0.3) is 0 Å². The van der Waals surface area contributed by atoms with Gasteiger partial charge in [0, 0.05) is 12.2 Å². The zero-order valence-electron chi connectivity index (χ0n) is 12.5. The lowest BCUT2D eigenvalue weighted by Crippen LogP contribution is -2.32. The fourth-order valence-electron chi connectivity index (χ4n) is 1.96. The summed E-state index contributed by atoms with van der Waals surface area (Å²) in [6.45, 7) is 2.66. The van der Waals surface area contributed by atoms with Crippen molar-refractivity contribution < 1.29 is 14.6 Å². The molecule has 0 spiro atoms. The lowest BCUT2D eigenvalue weighted by atomic mass is 10.1. The van der Waals surface area contributed by atoms with E-state index in [-0.39, 0.29) is 12.6 Å². The first-order valence-corrected chi connectivity index (χ1v) is 7.19. The van der Waals surface area contributed by atoms with E-state index in [9.17, 15) is 9.90 Å². The summed E-state index contributed by atoms with van der Waals surface area (Å²) in [7, 11) is 0. The van der Waals surface area contributed by atoms with E-state index >= 15 is 0 Å². The van der Waals surface area contributed by atoms with Gasteiger partial charge in [-0.2, -0.15) is 0 Å². The Morgan fingerprint density at radius 2 is 1.82 bits per heavy atom. The van der Waals surface area contributed by atoms with Gasteiger partial charge in [0.1, 0.15) is 5.75 Å². The van der Waals surface area contributed by atoms with Crippen LogP contribution in [0.2, 0.25) is 0 Å². The Morgan fingerprint density at radius 3 is 2.45 bits per heavy atom. The molecule has 0 aromatic heterocycles. The maximum atomic E-state index is 11.8. The molecule has 0 bridgehead atoms. The summed E-state index contributed by atoms with van der Waals surface area (Å²) < 4.78 is 5.33. The first-order chi connectivity index (χ1) is 10.7. The Kier molecular flexibility index (Phi) is 5.80. The van der Waals surface area contributed by atoms with Crippen LogP contribution in [0, 0.1) is 0 Å². The Morgan fingerprint density at radius 1 is 1.14 bits per heavy atom. The van der Waals surface area contributed by atoms with Gasteiger partial charge in [-0.1, -0.05) is 30.3 Å². The molecule has 2 rings (SSSR count). The first-order valence-electron chi connectivity index (χ1n) is 7.19. The number of hydrogen-bond donors (Lipinski definition) is 3. The molecule has 5 nitrogen and oxygen atoms in total. The van der Waals surface area contributed by atoms with Crippen molar-refractivity contribution in [1.82, 2.24) is 5.32 Å². The van der Waals surface area contributed by atoms with Crippen LogP contribution >= 0.6 is 0 Å². The molecule has 0 radical (unpaired) electrons. The normalized spacial score (nSPS) is 11.5. The molecule has 2 aromatic rings. The van der Waals surface area contributed by atoms with Crippen molar-refractivity contribution in [2.75, 3.05) is 18.5 Å². The molecule has 22 heavy (non-hydrogen) atoms. The third kappa shape index (κ3) is 4.79. The number of anilines is 1. The number of ether oxygens (including phenoxy) is 1. The summed E-state index contributed by atoms with van der Waals surface area (Å²) in [5.41, 5.74) is 1.43. The van der Waals surface area contributed by atoms with Gasteiger partial charge in [-0.15, -0.1) is 0 Å². The van der Waals surface area contributed by atoms with E-state index in [4.69, 9.17) is 4.74 Å². The molecule has 0 aliphatic heterocycles. The number of nitrogens with one attached hydrogen (secondary N) is 2. The number of amides is 2. The van der Waals surface area contributed by atoms with Gasteiger partial charge in [-0.25, -0.2) is 4.79 Å². The number of aliphatic hydroxyl groups excluding tert-OH is 1. The predicted molar refractivity (Wildman–Crippen MR) is 86.0 cm³/mol. The molecule has 0 aliphatic carbocycles. The molecule has 2 amide bonds. The van der Waals surface area contributed by atoms with Crippen molar-refractivity contribution in [3.8, 4) is 5.75 Å². The number of rotatable bonds is 6. The van der Waals surface area contributed by atoms with E-state index in [0.29, 0.717) is 12.3 Å². The molecule has 5 heteroatoms. The van der Waals surface area contributed by atoms with Gasteiger partial charge < -0.3 is 20.5 Å². The number of urea groups is 1. The van der Waals surface area contributed by atoms with Crippen molar-refractivity contribution in [3.05, 3.63) is 60.2 Å². The molecular weight excluding hydrogens is 280 g/mol. The minimum atomic E-state index is -0.729. The minimum Gasteiger partial charge on any atom is -0.494 e. The quantitative estimate of drug-likeness (QED) is 0.768. The number of carbonyl (C=O) groups excluding carboxylic acids is 1. The van der Waals surface area contributed by atoms with E-state index in [0.717, 1.165) is 11.3 Å². The zero-order valence-corrected chi connectivity index (χ0v) is 12.5. The fraction of sp³-hybridized carbons (Fsp3) is 0.235. The number of aliphatic hydroxyl groups is 1. The highest BCUT2D eigenvalue weighted by atomic mass is 16.5. The van der Waals surface area contributed by atoms with Crippen LogP contribution in [0.1, 0.15) is 18.6 Å². The van der Waals surface area contributed by atoms with Crippen LogP contribution in [0.3, 0.4) is 0 Å². The summed E-state index contributed by atoms with van der Waals surface area (Å²) in [6.07, 6.45) is -0.729. The molecule has 0 fully saturated rings. The average molecular weight is 300 g/mol. The van der Waals surface area contributed by atoms with E-state index < -0.39 is 6.10 Å². The molecule has 0 saturated carbocycles. The van der Waals surface area contributed by atoms with Gasteiger partial charge in [-0.3, -0.25) is 0 Å². The largest absolute Gasteiger partial charge is 0.494 e. The SMILES string of the molecule is CCOc1ccc(NC(=O)NC[C@H](O)c2ccccc2)cc1. The zero-order chi connectivity index (χ0) is 15.8. The number of benzene rings is 2. The van der Waals surface area contributed by atoms with Crippen molar-refractivity contribution in [2.45, 2.75) is 13.0 Å². The van der Waals surface area contributed by atoms with Gasteiger partial charge in [0.15, 0.2) is 0 Å².